The van der Waals surface area contributed by atoms with Gasteiger partial charge >= 0.3 is 0 Å². The second-order valence-electron chi connectivity index (χ2n) is 4.70. The van der Waals surface area contributed by atoms with E-state index in [-0.39, 0.29) is 18.6 Å². The molecule has 0 saturated heterocycles. The Morgan fingerprint density at radius 1 is 1.43 bits per heavy atom. The zero-order chi connectivity index (χ0) is 15.2. The van der Waals surface area contributed by atoms with E-state index in [1.165, 1.54) is 0 Å². The molecule has 108 valence electrons. The Kier molecular flexibility index (Phi) is 5.15. The predicted octanol–water partition coefficient (Wildman–Crippen LogP) is 2.89. The summed E-state index contributed by atoms with van der Waals surface area (Å²) in [7, 11) is 0. The topological polar surface area (TPSA) is 49.3 Å². The van der Waals surface area contributed by atoms with Crippen molar-refractivity contribution in [3.63, 3.8) is 0 Å². The van der Waals surface area contributed by atoms with E-state index in [1.54, 1.807) is 17.4 Å². The largest absolute Gasteiger partial charge is 0.384 e. The number of aliphatic hydroxyl groups is 1. The second-order valence-corrected chi connectivity index (χ2v) is 5.68. The molecule has 1 unspecified atom stereocenters. The summed E-state index contributed by atoms with van der Waals surface area (Å²) in [4.78, 5) is 13.5. The van der Waals surface area contributed by atoms with Gasteiger partial charge in [-0.05, 0) is 43.0 Å². The molecule has 2 rings (SSSR count). The number of amides is 1. The van der Waals surface area contributed by atoms with Crippen LogP contribution in [0.5, 0.6) is 0 Å². The minimum absolute atomic E-state index is 0.0240. The van der Waals surface area contributed by atoms with Gasteiger partial charge in [-0.2, -0.15) is 0 Å². The molecule has 0 fully saturated rings. The molecule has 1 atom stereocenters. The highest BCUT2D eigenvalue weighted by molar-refractivity contribution is 7.10. The van der Waals surface area contributed by atoms with Crippen molar-refractivity contribution in [3.05, 3.63) is 57.3 Å². The van der Waals surface area contributed by atoms with Crippen molar-refractivity contribution in [1.82, 2.24) is 5.32 Å². The van der Waals surface area contributed by atoms with Crippen molar-refractivity contribution >= 4 is 17.2 Å². The molecule has 4 heteroatoms. The number of hydrogen-bond donors (Lipinski definition) is 2. The molecule has 0 aliphatic carbocycles. The van der Waals surface area contributed by atoms with Gasteiger partial charge in [-0.25, -0.2) is 0 Å². The van der Waals surface area contributed by atoms with Gasteiger partial charge in [0.25, 0.3) is 5.91 Å². The number of carbonyl (C=O) groups is 1. The molecule has 0 aliphatic rings. The van der Waals surface area contributed by atoms with Crippen LogP contribution in [0.15, 0.2) is 35.7 Å². The molecule has 21 heavy (non-hydrogen) atoms. The first-order chi connectivity index (χ1) is 10.1. The van der Waals surface area contributed by atoms with Crippen LogP contribution in [-0.2, 0) is 0 Å². The van der Waals surface area contributed by atoms with E-state index in [9.17, 15) is 4.79 Å². The van der Waals surface area contributed by atoms with Crippen molar-refractivity contribution in [2.24, 2.45) is 0 Å². The lowest BCUT2D eigenvalue weighted by Gasteiger charge is -2.13. The normalized spacial score (nSPS) is 11.4. The van der Waals surface area contributed by atoms with Gasteiger partial charge in [-0.15, -0.1) is 11.3 Å². The van der Waals surface area contributed by atoms with Gasteiger partial charge in [-0.3, -0.25) is 4.79 Å². The van der Waals surface area contributed by atoms with Gasteiger partial charge in [0.15, 0.2) is 0 Å². The van der Waals surface area contributed by atoms with Crippen molar-refractivity contribution in [3.8, 4) is 11.8 Å². The summed E-state index contributed by atoms with van der Waals surface area (Å²) < 4.78 is 0. The quantitative estimate of drug-likeness (QED) is 0.856. The molecule has 3 nitrogen and oxygen atoms in total. The highest BCUT2D eigenvalue weighted by Gasteiger charge is 2.14. The Bertz CT molecular complexity index is 681. The van der Waals surface area contributed by atoms with Gasteiger partial charge in [0.1, 0.15) is 6.61 Å². The van der Waals surface area contributed by atoms with E-state index in [0.29, 0.717) is 5.56 Å². The van der Waals surface area contributed by atoms with Gasteiger partial charge in [0.2, 0.25) is 0 Å². The van der Waals surface area contributed by atoms with Crippen LogP contribution >= 0.6 is 11.3 Å². The Balaban J connectivity index is 2.18. The molecule has 0 radical (unpaired) electrons. The maximum Gasteiger partial charge on any atom is 0.252 e. The maximum absolute atomic E-state index is 12.4. The molecule has 0 saturated carbocycles. The van der Waals surface area contributed by atoms with Crippen molar-refractivity contribution in [1.29, 1.82) is 0 Å². The van der Waals surface area contributed by atoms with Gasteiger partial charge in [0, 0.05) is 16.0 Å². The van der Waals surface area contributed by atoms with E-state index < -0.39 is 0 Å². The lowest BCUT2D eigenvalue weighted by atomic mass is 10.0. The predicted molar refractivity (Wildman–Crippen MR) is 85.3 cm³/mol. The van der Waals surface area contributed by atoms with Crippen LogP contribution in [0, 0.1) is 18.8 Å². The van der Waals surface area contributed by atoms with Crippen LogP contribution < -0.4 is 5.32 Å². The molecule has 2 N–H and O–H groups in total. The summed E-state index contributed by atoms with van der Waals surface area (Å²) in [6, 6.07) is 9.42. The lowest BCUT2D eigenvalue weighted by molar-refractivity contribution is 0.0940. The molecule has 0 bridgehead atoms. The molecule has 0 aliphatic heterocycles. The number of aryl methyl sites for hydroxylation is 1. The third-order valence-electron chi connectivity index (χ3n) is 3.11. The van der Waals surface area contributed by atoms with E-state index in [0.717, 1.165) is 16.0 Å². The molecule has 1 aromatic carbocycles. The van der Waals surface area contributed by atoms with Crippen LogP contribution in [0.1, 0.15) is 39.3 Å². The number of rotatable bonds is 3. The third kappa shape index (κ3) is 3.94. The number of aliphatic hydroxyl groups excluding tert-OH is 1. The average Bonchev–Trinajstić information content (AvgIpc) is 3.00. The van der Waals surface area contributed by atoms with Crippen LogP contribution in [0.25, 0.3) is 0 Å². The van der Waals surface area contributed by atoms with Gasteiger partial charge in [-0.1, -0.05) is 24.0 Å². The maximum atomic E-state index is 12.4. The smallest absolute Gasteiger partial charge is 0.252 e. The highest BCUT2D eigenvalue weighted by Crippen LogP contribution is 2.19. The number of nitrogens with one attached hydrogen (secondary N) is 1. The number of thiophene rings is 1. The SMILES string of the molecule is Cc1ccc(C#CCO)cc1C(=O)NC(C)c1cccs1. The Hall–Kier alpha value is -2.09. The van der Waals surface area contributed by atoms with Gasteiger partial charge < -0.3 is 10.4 Å². The molecule has 1 aromatic heterocycles. The lowest BCUT2D eigenvalue weighted by Crippen LogP contribution is -2.26. The van der Waals surface area contributed by atoms with Crippen LogP contribution in [0.2, 0.25) is 0 Å². The molecular weight excluding hydrogens is 282 g/mol. The number of benzene rings is 1. The fourth-order valence-electron chi connectivity index (χ4n) is 1.97. The average molecular weight is 299 g/mol. The summed E-state index contributed by atoms with van der Waals surface area (Å²) in [6.07, 6.45) is 0. The standard InChI is InChI=1S/C17H17NO2S/c1-12-7-8-14(5-3-9-19)11-15(12)17(20)18-13(2)16-6-4-10-21-16/h4,6-8,10-11,13,19H,9H2,1-2H3,(H,18,20). The number of hydrogen-bond acceptors (Lipinski definition) is 3. The fourth-order valence-corrected chi connectivity index (χ4v) is 2.70. The minimum Gasteiger partial charge on any atom is -0.384 e. The highest BCUT2D eigenvalue weighted by atomic mass is 32.1. The first-order valence-electron chi connectivity index (χ1n) is 6.66. The summed E-state index contributed by atoms with van der Waals surface area (Å²) in [5.74, 6) is 5.30. The van der Waals surface area contributed by atoms with Crippen LogP contribution in [0.4, 0.5) is 0 Å². The second kappa shape index (κ2) is 7.07. The summed E-state index contributed by atoms with van der Waals surface area (Å²) in [5, 5.41) is 13.7. The monoisotopic (exact) mass is 299 g/mol. The summed E-state index contributed by atoms with van der Waals surface area (Å²) in [6.45, 7) is 3.67. The Morgan fingerprint density at radius 3 is 2.90 bits per heavy atom. The molecule has 0 spiro atoms. The molecule has 1 amide bonds. The first-order valence-corrected chi connectivity index (χ1v) is 7.54. The summed E-state index contributed by atoms with van der Waals surface area (Å²) >= 11 is 1.62. The minimum atomic E-state index is -0.190. The van der Waals surface area contributed by atoms with Crippen molar-refractivity contribution in [2.45, 2.75) is 19.9 Å². The van der Waals surface area contributed by atoms with Crippen molar-refractivity contribution in [2.75, 3.05) is 6.61 Å². The Morgan fingerprint density at radius 2 is 2.24 bits per heavy atom. The van der Waals surface area contributed by atoms with E-state index in [4.69, 9.17) is 5.11 Å². The third-order valence-corrected chi connectivity index (χ3v) is 4.17. The van der Waals surface area contributed by atoms with E-state index in [1.807, 2.05) is 43.5 Å². The number of carbonyl (C=O) groups excluding carboxylic acids is 1. The van der Waals surface area contributed by atoms with Crippen LogP contribution in [0.3, 0.4) is 0 Å². The van der Waals surface area contributed by atoms with E-state index >= 15 is 0 Å². The first kappa shape index (κ1) is 15.3. The van der Waals surface area contributed by atoms with Crippen molar-refractivity contribution < 1.29 is 9.90 Å². The van der Waals surface area contributed by atoms with E-state index in [2.05, 4.69) is 17.2 Å². The Labute approximate surface area is 128 Å². The zero-order valence-corrected chi connectivity index (χ0v) is 12.8. The zero-order valence-electron chi connectivity index (χ0n) is 12.0. The van der Waals surface area contributed by atoms with Gasteiger partial charge in [0.05, 0.1) is 6.04 Å². The van der Waals surface area contributed by atoms with Crippen LogP contribution in [-0.4, -0.2) is 17.6 Å². The fraction of sp³-hybridized carbons (Fsp3) is 0.235. The molecule has 1 heterocycles. The summed E-state index contributed by atoms with van der Waals surface area (Å²) in [5.41, 5.74) is 2.24. The molecular formula is C17H17NO2S. The molecule has 2 aromatic rings.